The molecule has 0 aromatic heterocycles. The summed E-state index contributed by atoms with van der Waals surface area (Å²) in [5, 5.41) is 5.37. The van der Waals surface area contributed by atoms with Gasteiger partial charge in [0, 0.05) is 45.8 Å². The molecule has 0 saturated heterocycles. The minimum absolute atomic E-state index is 0.379. The van der Waals surface area contributed by atoms with E-state index in [4.69, 9.17) is 39.5 Å². The van der Waals surface area contributed by atoms with E-state index in [1.54, 1.807) is 6.07 Å². The Morgan fingerprint density at radius 3 is 2.31 bits per heavy atom. The Morgan fingerprint density at radius 2 is 1.62 bits per heavy atom. The SMILES string of the molecule is CCN(CC)CCNCc1cc(Cl)ccc1OCc1ccc(Cl)cc1Cl. The van der Waals surface area contributed by atoms with E-state index < -0.39 is 0 Å². The van der Waals surface area contributed by atoms with E-state index in [-0.39, 0.29) is 0 Å². The van der Waals surface area contributed by atoms with Crippen molar-refractivity contribution >= 4 is 34.8 Å². The third kappa shape index (κ3) is 6.64. The fourth-order valence-electron chi connectivity index (χ4n) is 2.62. The number of benzene rings is 2. The summed E-state index contributed by atoms with van der Waals surface area (Å²) < 4.78 is 5.98. The van der Waals surface area contributed by atoms with Crippen molar-refractivity contribution in [3.63, 3.8) is 0 Å². The molecular weight excluding hydrogens is 391 g/mol. The molecule has 0 spiro atoms. The Bertz CT molecular complexity index is 705. The van der Waals surface area contributed by atoms with Crippen LogP contribution < -0.4 is 10.1 Å². The lowest BCUT2D eigenvalue weighted by molar-refractivity contribution is 0.296. The van der Waals surface area contributed by atoms with Gasteiger partial charge in [-0.05, 0) is 43.4 Å². The van der Waals surface area contributed by atoms with E-state index >= 15 is 0 Å². The van der Waals surface area contributed by atoms with Crippen molar-refractivity contribution in [2.24, 2.45) is 0 Å². The maximum absolute atomic E-state index is 6.22. The number of hydrogen-bond acceptors (Lipinski definition) is 3. The highest BCUT2D eigenvalue weighted by Gasteiger charge is 2.08. The molecule has 0 bridgehead atoms. The summed E-state index contributed by atoms with van der Waals surface area (Å²) >= 11 is 18.3. The zero-order valence-corrected chi connectivity index (χ0v) is 17.5. The van der Waals surface area contributed by atoms with Gasteiger partial charge in [-0.3, -0.25) is 0 Å². The molecule has 0 amide bonds. The average molecular weight is 416 g/mol. The third-order valence-corrected chi connectivity index (χ3v) is 5.06. The number of nitrogens with one attached hydrogen (secondary N) is 1. The summed E-state index contributed by atoms with van der Waals surface area (Å²) in [5.41, 5.74) is 1.92. The van der Waals surface area contributed by atoms with Gasteiger partial charge in [0.1, 0.15) is 12.4 Å². The molecule has 0 aliphatic heterocycles. The lowest BCUT2D eigenvalue weighted by Crippen LogP contribution is -2.31. The summed E-state index contributed by atoms with van der Waals surface area (Å²) in [4.78, 5) is 2.38. The molecule has 0 heterocycles. The number of hydrogen-bond donors (Lipinski definition) is 1. The molecule has 0 unspecified atom stereocenters. The molecule has 0 fully saturated rings. The number of nitrogens with zero attached hydrogens (tertiary/aromatic N) is 1. The lowest BCUT2D eigenvalue weighted by atomic mass is 10.2. The van der Waals surface area contributed by atoms with E-state index in [2.05, 4.69) is 24.1 Å². The van der Waals surface area contributed by atoms with Gasteiger partial charge in [-0.2, -0.15) is 0 Å². The van der Waals surface area contributed by atoms with Crippen molar-refractivity contribution in [1.82, 2.24) is 10.2 Å². The molecule has 142 valence electrons. The summed E-state index contributed by atoms with van der Waals surface area (Å²) in [5.74, 6) is 0.802. The van der Waals surface area contributed by atoms with Crippen LogP contribution in [0.4, 0.5) is 0 Å². The van der Waals surface area contributed by atoms with Gasteiger partial charge in [0.25, 0.3) is 0 Å². The maximum Gasteiger partial charge on any atom is 0.124 e. The van der Waals surface area contributed by atoms with Gasteiger partial charge in [0.05, 0.1) is 0 Å². The van der Waals surface area contributed by atoms with Crippen LogP contribution in [0.15, 0.2) is 36.4 Å². The molecule has 0 aliphatic rings. The van der Waals surface area contributed by atoms with Crippen LogP contribution in [0, 0.1) is 0 Å². The van der Waals surface area contributed by atoms with E-state index in [0.717, 1.165) is 43.1 Å². The Labute approximate surface area is 171 Å². The molecule has 0 saturated carbocycles. The average Bonchev–Trinajstić information content (AvgIpc) is 2.62. The third-order valence-electron chi connectivity index (χ3n) is 4.24. The summed E-state index contributed by atoms with van der Waals surface area (Å²) in [7, 11) is 0. The Morgan fingerprint density at radius 1 is 0.923 bits per heavy atom. The lowest BCUT2D eigenvalue weighted by Gasteiger charge is -2.18. The first-order valence-electron chi connectivity index (χ1n) is 8.81. The zero-order valence-electron chi connectivity index (χ0n) is 15.2. The van der Waals surface area contributed by atoms with Crippen molar-refractivity contribution in [2.75, 3.05) is 26.2 Å². The van der Waals surface area contributed by atoms with Crippen molar-refractivity contribution < 1.29 is 4.74 Å². The van der Waals surface area contributed by atoms with Crippen molar-refractivity contribution in [2.45, 2.75) is 27.0 Å². The van der Waals surface area contributed by atoms with Crippen LogP contribution in [-0.4, -0.2) is 31.1 Å². The molecular formula is C20H25Cl3N2O. The Kier molecular flexibility index (Phi) is 9.03. The molecule has 0 aliphatic carbocycles. The van der Waals surface area contributed by atoms with Crippen LogP contribution in [0.25, 0.3) is 0 Å². The molecule has 0 atom stereocenters. The highest BCUT2D eigenvalue weighted by Crippen LogP contribution is 2.26. The minimum atomic E-state index is 0.379. The monoisotopic (exact) mass is 414 g/mol. The molecule has 2 aromatic carbocycles. The molecule has 1 N–H and O–H groups in total. The molecule has 0 radical (unpaired) electrons. The van der Waals surface area contributed by atoms with Gasteiger partial charge < -0.3 is 15.0 Å². The van der Waals surface area contributed by atoms with Crippen molar-refractivity contribution in [3.05, 3.63) is 62.6 Å². The first-order valence-corrected chi connectivity index (χ1v) is 9.95. The second-order valence-electron chi connectivity index (χ2n) is 5.98. The topological polar surface area (TPSA) is 24.5 Å². The van der Waals surface area contributed by atoms with E-state index in [1.807, 2.05) is 30.3 Å². The molecule has 2 rings (SSSR count). The Hall–Kier alpha value is -0.970. The van der Waals surface area contributed by atoms with Gasteiger partial charge in [-0.15, -0.1) is 0 Å². The van der Waals surface area contributed by atoms with Crippen molar-refractivity contribution in [3.8, 4) is 5.75 Å². The first-order chi connectivity index (χ1) is 12.5. The van der Waals surface area contributed by atoms with Crippen LogP contribution in [0.5, 0.6) is 5.75 Å². The van der Waals surface area contributed by atoms with E-state index in [1.165, 1.54) is 0 Å². The predicted molar refractivity (Wildman–Crippen MR) is 112 cm³/mol. The number of rotatable bonds is 10. The van der Waals surface area contributed by atoms with Gasteiger partial charge in [-0.25, -0.2) is 0 Å². The Balaban J connectivity index is 1.96. The molecule has 6 heteroatoms. The summed E-state index contributed by atoms with van der Waals surface area (Å²) in [6.07, 6.45) is 0. The fraction of sp³-hybridized carbons (Fsp3) is 0.400. The standard InChI is InChI=1S/C20H25Cl3N2O/c1-3-25(4-2)10-9-24-13-16-11-17(21)7-8-20(16)26-14-15-5-6-18(22)12-19(15)23/h5-8,11-12,24H,3-4,9-10,13-14H2,1-2H3. The largest absolute Gasteiger partial charge is 0.489 e. The second kappa shape index (κ2) is 11.0. The maximum atomic E-state index is 6.22. The number of ether oxygens (including phenoxy) is 1. The smallest absolute Gasteiger partial charge is 0.124 e. The molecule has 2 aromatic rings. The molecule has 26 heavy (non-hydrogen) atoms. The minimum Gasteiger partial charge on any atom is -0.489 e. The van der Waals surface area contributed by atoms with Gasteiger partial charge in [-0.1, -0.05) is 54.7 Å². The van der Waals surface area contributed by atoms with Crippen molar-refractivity contribution in [1.29, 1.82) is 0 Å². The summed E-state index contributed by atoms with van der Waals surface area (Å²) in [6, 6.07) is 11.1. The highest BCUT2D eigenvalue weighted by molar-refractivity contribution is 6.35. The quantitative estimate of drug-likeness (QED) is 0.507. The van der Waals surface area contributed by atoms with Crippen LogP contribution in [0.2, 0.25) is 15.1 Å². The highest BCUT2D eigenvalue weighted by atomic mass is 35.5. The van der Waals surface area contributed by atoms with Crippen LogP contribution in [-0.2, 0) is 13.2 Å². The first kappa shape index (κ1) is 21.3. The number of likely N-dealkylation sites (N-methyl/N-ethyl adjacent to an activating group) is 1. The van der Waals surface area contributed by atoms with Crippen LogP contribution >= 0.6 is 34.8 Å². The fourth-order valence-corrected chi connectivity index (χ4v) is 3.28. The zero-order chi connectivity index (χ0) is 18.9. The summed E-state index contributed by atoms with van der Waals surface area (Å²) in [6.45, 7) is 9.48. The normalized spacial score (nSPS) is 11.2. The van der Waals surface area contributed by atoms with Gasteiger partial charge in [0.2, 0.25) is 0 Å². The van der Waals surface area contributed by atoms with E-state index in [9.17, 15) is 0 Å². The second-order valence-corrected chi connectivity index (χ2v) is 7.26. The van der Waals surface area contributed by atoms with Gasteiger partial charge >= 0.3 is 0 Å². The van der Waals surface area contributed by atoms with Crippen LogP contribution in [0.3, 0.4) is 0 Å². The predicted octanol–water partition coefficient (Wildman–Crippen LogP) is 5.66. The van der Waals surface area contributed by atoms with Crippen LogP contribution in [0.1, 0.15) is 25.0 Å². The van der Waals surface area contributed by atoms with Gasteiger partial charge in [0.15, 0.2) is 0 Å². The number of halogens is 3. The van der Waals surface area contributed by atoms with E-state index in [0.29, 0.717) is 28.2 Å². The molecule has 3 nitrogen and oxygen atoms in total.